The van der Waals surface area contributed by atoms with Crippen LogP contribution in [0.4, 0.5) is 5.69 Å². The second-order valence-electron chi connectivity index (χ2n) is 3.86. The number of hydrogen-bond acceptors (Lipinski definition) is 5. The Morgan fingerprint density at radius 2 is 2.11 bits per heavy atom. The number of hydrogen-bond donors (Lipinski definition) is 2. The minimum atomic E-state index is -3.56. The van der Waals surface area contributed by atoms with Gasteiger partial charge in [0.05, 0.1) is 18.1 Å². The van der Waals surface area contributed by atoms with Crippen LogP contribution >= 0.6 is 0 Å². The van der Waals surface area contributed by atoms with Crippen LogP contribution in [0.3, 0.4) is 0 Å². The molecular weight excluding hydrogens is 268 g/mol. The van der Waals surface area contributed by atoms with Gasteiger partial charge in [-0.15, -0.1) is 0 Å². The fraction of sp³-hybridized carbons (Fsp3) is 0.182. The van der Waals surface area contributed by atoms with E-state index < -0.39 is 10.0 Å². The lowest BCUT2D eigenvalue weighted by Crippen LogP contribution is -2.19. The summed E-state index contributed by atoms with van der Waals surface area (Å²) in [6.45, 7) is 0. The van der Waals surface area contributed by atoms with E-state index in [1.165, 1.54) is 25.2 Å². The molecule has 1 heterocycles. The van der Waals surface area contributed by atoms with Crippen LogP contribution in [-0.4, -0.2) is 25.2 Å². The zero-order valence-corrected chi connectivity index (χ0v) is 11.3. The van der Waals surface area contributed by atoms with Crippen LogP contribution in [0, 0.1) is 0 Å². The molecule has 0 aliphatic heterocycles. The van der Waals surface area contributed by atoms with Crippen molar-refractivity contribution in [3.05, 3.63) is 30.6 Å². The molecule has 102 valence electrons. The van der Waals surface area contributed by atoms with Crippen molar-refractivity contribution in [3.8, 4) is 11.5 Å². The highest BCUT2D eigenvalue weighted by Crippen LogP contribution is 2.27. The standard InChI is InChI=1S/C11H14N4O3S/c1-13-19(16,17)11-4-3-8(5-10(11)12)18-9-6-14-15(2)7-9/h3-7,13H,12H2,1-2H3. The summed E-state index contributed by atoms with van der Waals surface area (Å²) in [4.78, 5) is 0.0218. The Hall–Kier alpha value is -2.06. The largest absolute Gasteiger partial charge is 0.454 e. The first-order valence-electron chi connectivity index (χ1n) is 5.42. The third kappa shape index (κ3) is 2.85. The Morgan fingerprint density at radius 1 is 1.37 bits per heavy atom. The highest BCUT2D eigenvalue weighted by Gasteiger charge is 2.15. The van der Waals surface area contributed by atoms with E-state index in [1.807, 2.05) is 0 Å². The maximum absolute atomic E-state index is 11.6. The Kier molecular flexibility index (Phi) is 3.45. The third-order valence-electron chi connectivity index (χ3n) is 2.46. The number of aromatic nitrogens is 2. The summed E-state index contributed by atoms with van der Waals surface area (Å²) in [5.41, 5.74) is 5.84. The number of nitrogens with one attached hydrogen (secondary N) is 1. The van der Waals surface area contributed by atoms with Gasteiger partial charge in [0.25, 0.3) is 0 Å². The summed E-state index contributed by atoms with van der Waals surface area (Å²) < 4.78 is 32.6. The zero-order valence-electron chi connectivity index (χ0n) is 10.5. The molecule has 0 radical (unpaired) electrons. The maximum atomic E-state index is 11.6. The van der Waals surface area contributed by atoms with Crippen molar-refractivity contribution in [3.63, 3.8) is 0 Å². The number of benzene rings is 1. The quantitative estimate of drug-likeness (QED) is 0.804. The summed E-state index contributed by atoms with van der Waals surface area (Å²) >= 11 is 0. The Labute approximate surface area is 111 Å². The molecule has 0 aliphatic carbocycles. The first-order chi connectivity index (χ1) is 8.92. The average Bonchev–Trinajstić information content (AvgIpc) is 2.74. The molecule has 0 fully saturated rings. The van der Waals surface area contributed by atoms with Gasteiger partial charge in [-0.2, -0.15) is 5.10 Å². The number of rotatable bonds is 4. The van der Waals surface area contributed by atoms with Gasteiger partial charge in [-0.3, -0.25) is 4.68 Å². The molecule has 0 unspecified atom stereocenters. The van der Waals surface area contributed by atoms with Crippen molar-refractivity contribution in [2.45, 2.75) is 4.90 Å². The van der Waals surface area contributed by atoms with Gasteiger partial charge in [-0.1, -0.05) is 0 Å². The van der Waals surface area contributed by atoms with Crippen LogP contribution in [0.2, 0.25) is 0 Å². The second kappa shape index (κ2) is 4.90. The number of nitrogen functional groups attached to an aromatic ring is 1. The van der Waals surface area contributed by atoms with Gasteiger partial charge in [-0.25, -0.2) is 13.1 Å². The van der Waals surface area contributed by atoms with Crippen LogP contribution in [0.5, 0.6) is 11.5 Å². The van der Waals surface area contributed by atoms with Crippen LogP contribution in [0.15, 0.2) is 35.5 Å². The molecule has 0 spiro atoms. The van der Waals surface area contributed by atoms with E-state index in [1.54, 1.807) is 24.1 Å². The maximum Gasteiger partial charge on any atom is 0.242 e. The molecule has 0 saturated carbocycles. The molecular formula is C11H14N4O3S. The molecule has 0 aliphatic rings. The normalized spacial score (nSPS) is 11.5. The molecule has 1 aromatic heterocycles. The topological polar surface area (TPSA) is 99.2 Å². The van der Waals surface area contributed by atoms with Crippen LogP contribution in [0.1, 0.15) is 0 Å². The minimum Gasteiger partial charge on any atom is -0.454 e. The molecule has 0 saturated heterocycles. The van der Waals surface area contributed by atoms with E-state index in [4.69, 9.17) is 10.5 Å². The lowest BCUT2D eigenvalue weighted by molar-refractivity contribution is 0.482. The average molecular weight is 282 g/mol. The van der Waals surface area contributed by atoms with E-state index in [2.05, 4.69) is 9.82 Å². The summed E-state index contributed by atoms with van der Waals surface area (Å²) in [6.07, 6.45) is 3.24. The van der Waals surface area contributed by atoms with Gasteiger partial charge in [0.2, 0.25) is 10.0 Å². The number of aryl methyl sites for hydroxylation is 1. The molecule has 0 atom stereocenters. The lowest BCUT2D eigenvalue weighted by atomic mass is 10.3. The molecule has 1 aromatic carbocycles. The van der Waals surface area contributed by atoms with E-state index in [0.717, 1.165) is 0 Å². The molecule has 8 heteroatoms. The number of nitrogens with two attached hydrogens (primary N) is 1. The van der Waals surface area contributed by atoms with E-state index in [9.17, 15) is 8.42 Å². The number of anilines is 1. The molecule has 19 heavy (non-hydrogen) atoms. The Bertz CT molecular complexity index is 694. The van der Waals surface area contributed by atoms with E-state index >= 15 is 0 Å². The molecule has 7 nitrogen and oxygen atoms in total. The monoisotopic (exact) mass is 282 g/mol. The summed E-state index contributed by atoms with van der Waals surface area (Å²) in [5, 5.41) is 3.96. The fourth-order valence-electron chi connectivity index (χ4n) is 1.53. The van der Waals surface area contributed by atoms with Crippen molar-refractivity contribution >= 4 is 15.7 Å². The highest BCUT2D eigenvalue weighted by atomic mass is 32.2. The molecule has 0 amide bonds. The number of ether oxygens (including phenoxy) is 1. The van der Waals surface area contributed by atoms with Gasteiger partial charge < -0.3 is 10.5 Å². The lowest BCUT2D eigenvalue weighted by Gasteiger charge is -2.08. The number of nitrogens with zero attached hydrogens (tertiary/aromatic N) is 2. The zero-order chi connectivity index (χ0) is 14.0. The minimum absolute atomic E-state index is 0.0218. The number of sulfonamides is 1. The first kappa shape index (κ1) is 13.4. The summed E-state index contributed by atoms with van der Waals surface area (Å²) in [6, 6.07) is 4.39. The second-order valence-corrected chi connectivity index (χ2v) is 5.71. The van der Waals surface area contributed by atoms with Crippen molar-refractivity contribution < 1.29 is 13.2 Å². The Morgan fingerprint density at radius 3 is 2.63 bits per heavy atom. The van der Waals surface area contributed by atoms with Gasteiger partial charge in [0, 0.05) is 13.1 Å². The third-order valence-corrected chi connectivity index (χ3v) is 3.94. The van der Waals surface area contributed by atoms with Gasteiger partial charge >= 0.3 is 0 Å². The summed E-state index contributed by atoms with van der Waals surface area (Å²) in [7, 11) is -0.466. The van der Waals surface area contributed by atoms with Gasteiger partial charge in [0.1, 0.15) is 10.6 Å². The van der Waals surface area contributed by atoms with Crippen LogP contribution < -0.4 is 15.2 Å². The highest BCUT2D eigenvalue weighted by molar-refractivity contribution is 7.89. The van der Waals surface area contributed by atoms with Crippen molar-refractivity contribution in [2.24, 2.45) is 7.05 Å². The molecule has 2 aromatic rings. The van der Waals surface area contributed by atoms with Gasteiger partial charge in [0.15, 0.2) is 5.75 Å². The van der Waals surface area contributed by atoms with Crippen molar-refractivity contribution in [2.75, 3.05) is 12.8 Å². The summed E-state index contributed by atoms with van der Waals surface area (Å²) in [5.74, 6) is 0.992. The smallest absolute Gasteiger partial charge is 0.242 e. The first-order valence-corrected chi connectivity index (χ1v) is 6.90. The van der Waals surface area contributed by atoms with Gasteiger partial charge in [-0.05, 0) is 19.2 Å². The predicted molar refractivity (Wildman–Crippen MR) is 70.4 cm³/mol. The van der Waals surface area contributed by atoms with E-state index in [0.29, 0.717) is 11.5 Å². The molecule has 0 bridgehead atoms. The Balaban J connectivity index is 2.29. The fourth-order valence-corrected chi connectivity index (χ4v) is 2.37. The molecule has 3 N–H and O–H groups in total. The van der Waals surface area contributed by atoms with Crippen molar-refractivity contribution in [1.82, 2.24) is 14.5 Å². The van der Waals surface area contributed by atoms with Crippen molar-refractivity contribution in [1.29, 1.82) is 0 Å². The van der Waals surface area contributed by atoms with E-state index in [-0.39, 0.29) is 10.6 Å². The predicted octanol–water partition coefficient (Wildman–Crippen LogP) is 0.703. The van der Waals surface area contributed by atoms with Crippen LogP contribution in [-0.2, 0) is 17.1 Å². The molecule has 2 rings (SSSR count). The van der Waals surface area contributed by atoms with Crippen LogP contribution in [0.25, 0.3) is 0 Å². The SMILES string of the molecule is CNS(=O)(=O)c1ccc(Oc2cnn(C)c2)cc1N.